The minimum Gasteiger partial charge on any atom is -0.506 e. The van der Waals surface area contributed by atoms with Crippen LogP contribution in [0.5, 0.6) is 5.75 Å². The molecule has 0 aliphatic rings. The number of aromatic nitrogens is 1. The SMILES string of the molecule is Cc1cc(NC(=O)C(=O)O)cc(C)c1Cc1ccc(O)c(C(O)c2ccc(F)cc2)n1. The number of rotatable bonds is 5. The lowest BCUT2D eigenvalue weighted by atomic mass is 9.96. The van der Waals surface area contributed by atoms with E-state index < -0.39 is 23.8 Å². The average molecular weight is 424 g/mol. The Morgan fingerprint density at radius 1 is 1.06 bits per heavy atom. The summed E-state index contributed by atoms with van der Waals surface area (Å²) < 4.78 is 13.2. The number of nitrogens with zero attached hydrogens (tertiary/aromatic N) is 1. The first-order valence-electron chi connectivity index (χ1n) is 9.42. The fraction of sp³-hybridized carbons (Fsp3) is 0.174. The van der Waals surface area contributed by atoms with Gasteiger partial charge in [0.05, 0.1) is 0 Å². The molecule has 3 rings (SSSR count). The second kappa shape index (κ2) is 8.93. The number of aliphatic hydroxyl groups is 1. The van der Waals surface area contributed by atoms with Crippen molar-refractivity contribution in [3.05, 3.63) is 88.0 Å². The predicted octanol–water partition coefficient (Wildman–Crippen LogP) is 3.24. The van der Waals surface area contributed by atoms with Gasteiger partial charge in [-0.05, 0) is 72.5 Å². The van der Waals surface area contributed by atoms with Crippen molar-refractivity contribution in [3.63, 3.8) is 0 Å². The molecule has 0 radical (unpaired) electrons. The molecule has 1 unspecified atom stereocenters. The third-order valence-electron chi connectivity index (χ3n) is 4.91. The van der Waals surface area contributed by atoms with Gasteiger partial charge in [-0.15, -0.1) is 0 Å². The Morgan fingerprint density at radius 2 is 1.68 bits per heavy atom. The normalized spacial score (nSPS) is 11.7. The Kier molecular flexibility index (Phi) is 6.31. The maximum absolute atomic E-state index is 13.2. The maximum atomic E-state index is 13.2. The van der Waals surface area contributed by atoms with Crippen LogP contribution in [0, 0.1) is 19.7 Å². The Hall–Kier alpha value is -3.78. The molecule has 0 spiro atoms. The van der Waals surface area contributed by atoms with Gasteiger partial charge in [-0.25, -0.2) is 9.18 Å². The minimum absolute atomic E-state index is 0.0600. The van der Waals surface area contributed by atoms with Crippen molar-refractivity contribution in [1.29, 1.82) is 0 Å². The third-order valence-corrected chi connectivity index (χ3v) is 4.91. The number of pyridine rings is 1. The number of halogens is 1. The largest absolute Gasteiger partial charge is 0.506 e. The van der Waals surface area contributed by atoms with Gasteiger partial charge in [-0.1, -0.05) is 12.1 Å². The molecule has 0 saturated carbocycles. The lowest BCUT2D eigenvalue weighted by molar-refractivity contribution is -0.147. The van der Waals surface area contributed by atoms with Gasteiger partial charge in [0.2, 0.25) is 0 Å². The number of carboxylic acid groups (broad SMARTS) is 1. The summed E-state index contributed by atoms with van der Waals surface area (Å²) in [7, 11) is 0. The van der Waals surface area contributed by atoms with Gasteiger partial charge >= 0.3 is 11.9 Å². The van der Waals surface area contributed by atoms with Crippen molar-refractivity contribution < 1.29 is 29.3 Å². The van der Waals surface area contributed by atoms with E-state index in [1.54, 1.807) is 18.2 Å². The first-order chi connectivity index (χ1) is 14.7. The zero-order chi connectivity index (χ0) is 22.7. The van der Waals surface area contributed by atoms with E-state index in [9.17, 15) is 24.2 Å². The van der Waals surface area contributed by atoms with Gasteiger partial charge in [0.1, 0.15) is 23.4 Å². The molecule has 0 bridgehead atoms. The Morgan fingerprint density at radius 3 is 2.26 bits per heavy atom. The highest BCUT2D eigenvalue weighted by atomic mass is 19.1. The first-order valence-corrected chi connectivity index (χ1v) is 9.42. The quantitative estimate of drug-likeness (QED) is 0.467. The zero-order valence-electron chi connectivity index (χ0n) is 16.9. The number of amides is 1. The number of hydrogen-bond donors (Lipinski definition) is 4. The predicted molar refractivity (Wildman–Crippen MR) is 111 cm³/mol. The Balaban J connectivity index is 1.88. The van der Waals surface area contributed by atoms with Crippen LogP contribution in [-0.2, 0) is 16.0 Å². The van der Waals surface area contributed by atoms with Gasteiger partial charge in [-0.2, -0.15) is 0 Å². The summed E-state index contributed by atoms with van der Waals surface area (Å²) in [6.07, 6.45) is -0.842. The van der Waals surface area contributed by atoms with Crippen molar-refractivity contribution in [2.75, 3.05) is 5.32 Å². The second-order valence-electron chi connectivity index (χ2n) is 7.19. The monoisotopic (exact) mass is 424 g/mol. The van der Waals surface area contributed by atoms with Crippen molar-refractivity contribution in [1.82, 2.24) is 4.98 Å². The molecule has 0 aliphatic heterocycles. The summed E-state index contributed by atoms with van der Waals surface area (Å²) >= 11 is 0. The molecule has 2 aromatic carbocycles. The first kappa shape index (κ1) is 21.9. The summed E-state index contributed by atoms with van der Waals surface area (Å²) in [5.41, 5.74) is 3.96. The number of aryl methyl sites for hydroxylation is 2. The summed E-state index contributed by atoms with van der Waals surface area (Å²) in [4.78, 5) is 26.5. The molecule has 1 atom stereocenters. The molecule has 8 heteroatoms. The van der Waals surface area contributed by atoms with E-state index in [0.717, 1.165) is 16.7 Å². The molecule has 0 saturated heterocycles. The molecule has 0 aliphatic carbocycles. The smallest absolute Gasteiger partial charge is 0.394 e. The summed E-state index contributed by atoms with van der Waals surface area (Å²) in [5, 5.41) is 31.8. The van der Waals surface area contributed by atoms with Gasteiger partial charge in [0.15, 0.2) is 0 Å². The van der Waals surface area contributed by atoms with Gasteiger partial charge < -0.3 is 20.6 Å². The van der Waals surface area contributed by atoms with Crippen molar-refractivity contribution >= 4 is 17.6 Å². The van der Waals surface area contributed by atoms with Crippen LogP contribution in [0.3, 0.4) is 0 Å². The van der Waals surface area contributed by atoms with Crippen LogP contribution in [0.25, 0.3) is 0 Å². The molecule has 1 aromatic heterocycles. The van der Waals surface area contributed by atoms with Crippen LogP contribution in [0.1, 0.15) is 39.7 Å². The van der Waals surface area contributed by atoms with Gasteiger partial charge in [-0.3, -0.25) is 9.78 Å². The number of aliphatic carboxylic acids is 1. The summed E-state index contributed by atoms with van der Waals surface area (Å²) in [6, 6.07) is 11.7. The molecule has 3 aromatic rings. The number of hydrogen-bond acceptors (Lipinski definition) is 5. The topological polar surface area (TPSA) is 120 Å². The highest BCUT2D eigenvalue weighted by molar-refractivity contribution is 6.36. The lowest BCUT2D eigenvalue weighted by Gasteiger charge is -2.16. The standard InChI is InChI=1S/C23H21FN2O5/c1-12-9-17(26-22(29)23(30)31)10-13(2)18(12)11-16-7-8-19(27)20(25-16)21(28)14-3-5-15(24)6-4-14/h3-10,21,27-28H,11H2,1-2H3,(H,26,29)(H,30,31). The fourth-order valence-corrected chi connectivity index (χ4v) is 3.32. The van der Waals surface area contributed by atoms with Crippen LogP contribution >= 0.6 is 0 Å². The van der Waals surface area contributed by atoms with Crippen molar-refractivity contribution in [2.45, 2.75) is 26.4 Å². The molecule has 7 nitrogen and oxygen atoms in total. The van der Waals surface area contributed by atoms with E-state index in [1.807, 2.05) is 13.8 Å². The van der Waals surface area contributed by atoms with Crippen molar-refractivity contribution in [3.8, 4) is 5.75 Å². The van der Waals surface area contributed by atoms with Crippen molar-refractivity contribution in [2.24, 2.45) is 0 Å². The Labute approximate surface area is 177 Å². The van der Waals surface area contributed by atoms with Crippen LogP contribution in [0.15, 0.2) is 48.5 Å². The maximum Gasteiger partial charge on any atom is 0.394 e. The van der Waals surface area contributed by atoms with E-state index >= 15 is 0 Å². The number of aliphatic hydroxyl groups excluding tert-OH is 1. The number of carbonyl (C=O) groups is 2. The summed E-state index contributed by atoms with van der Waals surface area (Å²) in [5.74, 6) is -3.30. The minimum atomic E-state index is -1.57. The molecular formula is C23H21FN2O5. The van der Waals surface area contributed by atoms with E-state index in [4.69, 9.17) is 5.11 Å². The Bertz CT molecular complexity index is 1120. The molecule has 0 fully saturated rings. The van der Waals surface area contributed by atoms with E-state index in [1.165, 1.54) is 30.3 Å². The zero-order valence-corrected chi connectivity index (χ0v) is 16.9. The average Bonchev–Trinajstić information content (AvgIpc) is 2.72. The fourth-order valence-electron chi connectivity index (χ4n) is 3.32. The van der Waals surface area contributed by atoms with Gasteiger partial charge in [0, 0.05) is 17.8 Å². The molecular weight excluding hydrogens is 403 g/mol. The second-order valence-corrected chi connectivity index (χ2v) is 7.19. The number of carboxylic acids is 1. The van der Waals surface area contributed by atoms with Crippen LogP contribution in [-0.4, -0.2) is 32.2 Å². The third kappa shape index (κ3) is 5.04. The van der Waals surface area contributed by atoms with Crippen LogP contribution in [0.4, 0.5) is 10.1 Å². The van der Waals surface area contributed by atoms with E-state index in [-0.39, 0.29) is 11.4 Å². The number of carbonyl (C=O) groups excluding carboxylic acids is 1. The number of anilines is 1. The molecule has 4 N–H and O–H groups in total. The number of nitrogens with one attached hydrogen (secondary N) is 1. The molecule has 160 valence electrons. The number of benzene rings is 2. The molecule has 1 heterocycles. The van der Waals surface area contributed by atoms with Crippen LogP contribution < -0.4 is 5.32 Å². The van der Waals surface area contributed by atoms with E-state index in [0.29, 0.717) is 23.4 Å². The summed E-state index contributed by atoms with van der Waals surface area (Å²) in [6.45, 7) is 3.65. The highest BCUT2D eigenvalue weighted by Gasteiger charge is 2.18. The van der Waals surface area contributed by atoms with Gasteiger partial charge in [0.25, 0.3) is 0 Å². The lowest BCUT2D eigenvalue weighted by Crippen LogP contribution is -2.22. The highest BCUT2D eigenvalue weighted by Crippen LogP contribution is 2.29. The molecule has 31 heavy (non-hydrogen) atoms. The van der Waals surface area contributed by atoms with Crippen LogP contribution in [0.2, 0.25) is 0 Å². The number of aromatic hydroxyl groups is 1. The van der Waals surface area contributed by atoms with E-state index in [2.05, 4.69) is 10.3 Å². The molecule has 1 amide bonds.